The van der Waals surface area contributed by atoms with Crippen LogP contribution in [0.2, 0.25) is 0 Å². The Hall–Kier alpha value is -0.520. The van der Waals surface area contributed by atoms with Crippen molar-refractivity contribution in [3.05, 3.63) is 24.3 Å². The third kappa shape index (κ3) is 17.5. The molecule has 0 radical (unpaired) electrons. The highest BCUT2D eigenvalue weighted by atomic mass is 14.0. The van der Waals surface area contributed by atoms with Crippen LogP contribution in [-0.2, 0) is 0 Å². The molecule has 0 amide bonds. The number of allylic oxidation sites excluding steroid dienone is 4. The number of rotatable bonds is 14. The predicted octanol–water partition coefficient (Wildman–Crippen LogP) is 7.21. The second-order valence-corrected chi connectivity index (χ2v) is 5.58. The van der Waals surface area contributed by atoms with Crippen LogP contribution in [-0.4, -0.2) is 0 Å². The molecule has 0 aliphatic rings. The van der Waals surface area contributed by atoms with E-state index in [0.29, 0.717) is 0 Å². The lowest BCUT2D eigenvalue weighted by Crippen LogP contribution is -1.79. The fourth-order valence-electron chi connectivity index (χ4n) is 2.22. The van der Waals surface area contributed by atoms with Gasteiger partial charge >= 0.3 is 0 Å². The van der Waals surface area contributed by atoms with Crippen molar-refractivity contribution in [2.75, 3.05) is 0 Å². The van der Waals surface area contributed by atoms with Gasteiger partial charge in [-0.1, -0.05) is 95.9 Å². The summed E-state index contributed by atoms with van der Waals surface area (Å²) in [6.07, 6.45) is 27.0. The molecule has 0 heterocycles. The molecular formula is C19H36. The van der Waals surface area contributed by atoms with E-state index in [9.17, 15) is 0 Å². The minimum Gasteiger partial charge on any atom is -0.0882 e. The Balaban J connectivity index is 3.10. The van der Waals surface area contributed by atoms with Crippen LogP contribution >= 0.6 is 0 Å². The Bertz CT molecular complexity index is 200. The van der Waals surface area contributed by atoms with Crippen molar-refractivity contribution in [3.8, 4) is 0 Å². The Morgan fingerprint density at radius 1 is 0.474 bits per heavy atom. The van der Waals surface area contributed by atoms with Crippen molar-refractivity contribution < 1.29 is 0 Å². The van der Waals surface area contributed by atoms with Gasteiger partial charge in [-0.05, 0) is 25.7 Å². The topological polar surface area (TPSA) is 0 Å². The minimum atomic E-state index is 1.13. The maximum Gasteiger partial charge on any atom is -0.0169 e. The molecule has 0 aromatic heterocycles. The fourth-order valence-corrected chi connectivity index (χ4v) is 2.22. The highest BCUT2D eigenvalue weighted by Gasteiger charge is 1.90. The number of hydrogen-bond donors (Lipinski definition) is 0. The average molecular weight is 264 g/mol. The molecule has 0 spiro atoms. The van der Waals surface area contributed by atoms with Crippen LogP contribution in [0.1, 0.15) is 97.3 Å². The molecule has 0 saturated carbocycles. The summed E-state index contributed by atoms with van der Waals surface area (Å²) in [6, 6.07) is 0. The summed E-state index contributed by atoms with van der Waals surface area (Å²) in [7, 11) is 0. The van der Waals surface area contributed by atoms with Crippen molar-refractivity contribution in [2.24, 2.45) is 0 Å². The lowest BCUT2D eigenvalue weighted by atomic mass is 10.1. The standard InChI is InChI=1S/C19H36/c1-3-5-7-9-11-13-15-17-19-18-16-14-12-10-8-6-4-2/h9,11,15,17H,3-8,10,12-14,16,18-19H2,1-2H3. The van der Waals surface area contributed by atoms with Gasteiger partial charge in [-0.3, -0.25) is 0 Å². The van der Waals surface area contributed by atoms with E-state index in [1.165, 1.54) is 77.0 Å². The third-order valence-corrected chi connectivity index (χ3v) is 3.55. The van der Waals surface area contributed by atoms with Gasteiger partial charge in [0, 0.05) is 0 Å². The fraction of sp³-hybridized carbons (Fsp3) is 0.789. The van der Waals surface area contributed by atoms with Crippen LogP contribution in [0.15, 0.2) is 24.3 Å². The smallest absolute Gasteiger partial charge is 0.0169 e. The molecule has 0 heteroatoms. The molecule has 0 bridgehead atoms. The van der Waals surface area contributed by atoms with Gasteiger partial charge in [0.1, 0.15) is 0 Å². The van der Waals surface area contributed by atoms with E-state index in [2.05, 4.69) is 38.2 Å². The van der Waals surface area contributed by atoms with Crippen molar-refractivity contribution >= 4 is 0 Å². The van der Waals surface area contributed by atoms with E-state index in [4.69, 9.17) is 0 Å². The van der Waals surface area contributed by atoms with E-state index in [1.807, 2.05) is 0 Å². The molecular weight excluding hydrogens is 228 g/mol. The van der Waals surface area contributed by atoms with Crippen molar-refractivity contribution in [3.63, 3.8) is 0 Å². The van der Waals surface area contributed by atoms with Gasteiger partial charge in [0.05, 0.1) is 0 Å². The molecule has 0 nitrogen and oxygen atoms in total. The Kier molecular flexibility index (Phi) is 17.0. The van der Waals surface area contributed by atoms with Crippen molar-refractivity contribution in [1.29, 1.82) is 0 Å². The summed E-state index contributed by atoms with van der Waals surface area (Å²) in [4.78, 5) is 0. The normalized spacial score (nSPS) is 11.9. The van der Waals surface area contributed by atoms with E-state index >= 15 is 0 Å². The molecule has 0 aliphatic carbocycles. The molecule has 0 saturated heterocycles. The Labute approximate surface area is 122 Å². The number of unbranched alkanes of at least 4 members (excludes halogenated alkanes) is 10. The summed E-state index contributed by atoms with van der Waals surface area (Å²) in [5.41, 5.74) is 0. The van der Waals surface area contributed by atoms with Gasteiger partial charge in [-0.15, -0.1) is 0 Å². The molecule has 112 valence electrons. The first-order chi connectivity index (χ1) is 9.41. The Morgan fingerprint density at radius 3 is 1.53 bits per heavy atom. The average Bonchev–Trinajstić information content (AvgIpc) is 2.43. The van der Waals surface area contributed by atoms with Crippen molar-refractivity contribution in [1.82, 2.24) is 0 Å². The minimum absolute atomic E-state index is 1.13. The molecule has 0 aliphatic heterocycles. The van der Waals surface area contributed by atoms with Gasteiger partial charge in [0.2, 0.25) is 0 Å². The van der Waals surface area contributed by atoms with E-state index in [-0.39, 0.29) is 0 Å². The molecule has 0 unspecified atom stereocenters. The van der Waals surface area contributed by atoms with Crippen LogP contribution in [0.25, 0.3) is 0 Å². The summed E-state index contributed by atoms with van der Waals surface area (Å²) in [6.45, 7) is 4.53. The van der Waals surface area contributed by atoms with Crippen LogP contribution in [0.3, 0.4) is 0 Å². The van der Waals surface area contributed by atoms with Crippen molar-refractivity contribution in [2.45, 2.75) is 97.3 Å². The van der Waals surface area contributed by atoms with Gasteiger partial charge in [-0.25, -0.2) is 0 Å². The summed E-state index contributed by atoms with van der Waals surface area (Å²) in [5.74, 6) is 0. The summed E-state index contributed by atoms with van der Waals surface area (Å²) >= 11 is 0. The highest BCUT2D eigenvalue weighted by Crippen LogP contribution is 2.09. The Morgan fingerprint density at radius 2 is 0.947 bits per heavy atom. The second kappa shape index (κ2) is 17.5. The number of hydrogen-bond acceptors (Lipinski definition) is 0. The molecule has 0 rings (SSSR count). The van der Waals surface area contributed by atoms with Crippen LogP contribution in [0, 0.1) is 0 Å². The maximum absolute atomic E-state index is 2.36. The quantitative estimate of drug-likeness (QED) is 0.230. The molecule has 19 heavy (non-hydrogen) atoms. The molecule has 0 N–H and O–H groups in total. The summed E-state index contributed by atoms with van der Waals surface area (Å²) < 4.78 is 0. The first-order valence-electron chi connectivity index (χ1n) is 8.71. The third-order valence-electron chi connectivity index (χ3n) is 3.55. The highest BCUT2D eigenvalue weighted by molar-refractivity contribution is 4.92. The zero-order valence-corrected chi connectivity index (χ0v) is 13.5. The van der Waals surface area contributed by atoms with Gasteiger partial charge in [-0.2, -0.15) is 0 Å². The van der Waals surface area contributed by atoms with Crippen LogP contribution in [0.4, 0.5) is 0 Å². The van der Waals surface area contributed by atoms with E-state index < -0.39 is 0 Å². The van der Waals surface area contributed by atoms with E-state index in [1.54, 1.807) is 0 Å². The molecule has 0 fully saturated rings. The SMILES string of the molecule is CCCCC=CCC=CCCCCCCCCCC. The van der Waals surface area contributed by atoms with Gasteiger partial charge in [0.25, 0.3) is 0 Å². The first-order valence-corrected chi connectivity index (χ1v) is 8.71. The van der Waals surface area contributed by atoms with Crippen LogP contribution in [0.5, 0.6) is 0 Å². The molecule has 0 aromatic rings. The zero-order chi connectivity index (χ0) is 14.0. The van der Waals surface area contributed by atoms with E-state index in [0.717, 1.165) is 6.42 Å². The lowest BCUT2D eigenvalue weighted by molar-refractivity contribution is 0.577. The molecule has 0 atom stereocenters. The predicted molar refractivity (Wildman–Crippen MR) is 89.6 cm³/mol. The van der Waals surface area contributed by atoms with Gasteiger partial charge < -0.3 is 0 Å². The largest absolute Gasteiger partial charge is 0.0882 e. The second-order valence-electron chi connectivity index (χ2n) is 5.58. The lowest BCUT2D eigenvalue weighted by Gasteiger charge is -1.99. The van der Waals surface area contributed by atoms with Crippen LogP contribution < -0.4 is 0 Å². The monoisotopic (exact) mass is 264 g/mol. The van der Waals surface area contributed by atoms with Gasteiger partial charge in [0.15, 0.2) is 0 Å². The zero-order valence-electron chi connectivity index (χ0n) is 13.5. The maximum atomic E-state index is 2.36. The summed E-state index contributed by atoms with van der Waals surface area (Å²) in [5, 5.41) is 0. The molecule has 0 aromatic carbocycles. The first kappa shape index (κ1) is 18.5.